The number of benzene rings is 3. The molecule has 0 aliphatic carbocycles. The first kappa shape index (κ1) is 30.1. The molecule has 2 aliphatic heterocycles. The lowest BCUT2D eigenvalue weighted by Crippen LogP contribution is -2.54. The molecule has 4 aromatic rings. The number of ether oxygens (including phenoxy) is 2. The number of hydrogen-bond donors (Lipinski definition) is 0. The van der Waals surface area contributed by atoms with Gasteiger partial charge in [-0.3, -0.25) is 9.69 Å². The zero-order valence-corrected chi connectivity index (χ0v) is 26.4. The van der Waals surface area contributed by atoms with E-state index in [4.69, 9.17) is 25.5 Å². The number of aromatic nitrogens is 1. The number of methoxy groups -OCH3 is 2. The molecule has 3 aromatic carbocycles. The molecule has 2 atom stereocenters. The predicted molar refractivity (Wildman–Crippen MR) is 165 cm³/mol. The second-order valence-corrected chi connectivity index (χ2v) is 13.3. The average Bonchev–Trinajstić information content (AvgIpc) is 3.75. The molecular weight excluding hydrogens is 604 g/mol. The summed E-state index contributed by atoms with van der Waals surface area (Å²) in [4.78, 5) is 23.8. The van der Waals surface area contributed by atoms with Crippen molar-refractivity contribution in [2.75, 3.05) is 39.2 Å². The standard InChI is InChI=1S/C32H33ClN4O6S/c1-35(2)20-21-7-5-8-25(29(21)42-4)32(36-17-6-9-28(36)30-34-16-18-43-30)26-19-22(33)10-15-27(26)37(31(32)38)44(39,40)24-13-11-23(41-3)12-14-24/h5,7-8,10-16,18-19,28H,6,9,17,20H2,1-4H3/t28-,32?/m0/s1. The van der Waals surface area contributed by atoms with Crippen LogP contribution < -0.4 is 13.8 Å². The number of para-hydroxylation sites is 1. The van der Waals surface area contributed by atoms with E-state index in [1.54, 1.807) is 43.6 Å². The van der Waals surface area contributed by atoms with Crippen LogP contribution in [0.1, 0.15) is 41.5 Å². The Labute approximate surface area is 261 Å². The maximum absolute atomic E-state index is 15.4. The molecule has 1 saturated heterocycles. The molecule has 6 rings (SSSR count). The molecule has 230 valence electrons. The Balaban J connectivity index is 1.67. The van der Waals surface area contributed by atoms with Gasteiger partial charge < -0.3 is 18.8 Å². The molecule has 0 N–H and O–H groups in total. The van der Waals surface area contributed by atoms with E-state index in [2.05, 4.69) is 4.98 Å². The van der Waals surface area contributed by atoms with Gasteiger partial charge in [-0.15, -0.1) is 0 Å². The average molecular weight is 637 g/mol. The van der Waals surface area contributed by atoms with Crippen molar-refractivity contribution in [2.24, 2.45) is 0 Å². The number of halogens is 1. The molecule has 3 heterocycles. The van der Waals surface area contributed by atoms with Crippen molar-refractivity contribution in [3.63, 3.8) is 0 Å². The Morgan fingerprint density at radius 3 is 2.50 bits per heavy atom. The number of nitrogens with zero attached hydrogens (tertiary/aromatic N) is 4. The summed E-state index contributed by atoms with van der Waals surface area (Å²) in [6, 6.07) is 16.0. The predicted octanol–water partition coefficient (Wildman–Crippen LogP) is 5.22. The Bertz CT molecular complexity index is 1800. The molecule has 0 radical (unpaired) electrons. The number of likely N-dealkylation sites (tertiary alicyclic amines) is 1. The van der Waals surface area contributed by atoms with Gasteiger partial charge in [0, 0.05) is 34.8 Å². The molecule has 12 heteroatoms. The molecule has 0 spiro atoms. The first-order chi connectivity index (χ1) is 21.1. The van der Waals surface area contributed by atoms with E-state index in [9.17, 15) is 8.42 Å². The van der Waals surface area contributed by atoms with Crippen LogP contribution in [0.5, 0.6) is 11.5 Å². The summed E-state index contributed by atoms with van der Waals surface area (Å²) >= 11 is 6.63. The Kier molecular flexibility index (Phi) is 7.91. The Morgan fingerprint density at radius 1 is 1.07 bits per heavy atom. The van der Waals surface area contributed by atoms with Crippen LogP contribution in [0, 0.1) is 0 Å². The second-order valence-electron chi connectivity index (χ2n) is 11.1. The number of amides is 1. The third kappa shape index (κ3) is 4.66. The van der Waals surface area contributed by atoms with Gasteiger partial charge in [0.15, 0.2) is 5.54 Å². The van der Waals surface area contributed by atoms with Crippen LogP contribution in [0.15, 0.2) is 82.4 Å². The molecule has 10 nitrogen and oxygen atoms in total. The second kappa shape index (κ2) is 11.6. The van der Waals surface area contributed by atoms with E-state index in [-0.39, 0.29) is 10.6 Å². The summed E-state index contributed by atoms with van der Waals surface area (Å²) in [5, 5.41) is 0.361. The molecule has 0 bridgehead atoms. The SMILES string of the molecule is COc1ccc(S(=O)(=O)N2C(=O)C(c3cccc(CN(C)C)c3OC)(N3CCC[C@H]3c3ncco3)c3cc(Cl)ccc32)cc1. The maximum Gasteiger partial charge on any atom is 0.271 e. The Hall–Kier alpha value is -3.90. The monoisotopic (exact) mass is 636 g/mol. The van der Waals surface area contributed by atoms with E-state index in [0.29, 0.717) is 53.0 Å². The summed E-state index contributed by atoms with van der Waals surface area (Å²) in [6.07, 6.45) is 4.44. The lowest BCUT2D eigenvalue weighted by molar-refractivity contribution is -0.127. The Morgan fingerprint density at radius 2 is 1.84 bits per heavy atom. The van der Waals surface area contributed by atoms with Crippen LogP contribution in [0.2, 0.25) is 5.02 Å². The topological polar surface area (TPSA) is 105 Å². The first-order valence-corrected chi connectivity index (χ1v) is 16.0. The number of anilines is 1. The third-order valence-electron chi connectivity index (χ3n) is 8.26. The van der Waals surface area contributed by atoms with Crippen LogP contribution in [0.4, 0.5) is 5.69 Å². The quantitative estimate of drug-likeness (QED) is 0.244. The van der Waals surface area contributed by atoms with Crippen molar-refractivity contribution in [1.82, 2.24) is 14.8 Å². The zero-order valence-electron chi connectivity index (χ0n) is 24.9. The highest BCUT2D eigenvalue weighted by Gasteiger charge is 2.63. The van der Waals surface area contributed by atoms with Gasteiger partial charge in [0.25, 0.3) is 15.9 Å². The van der Waals surface area contributed by atoms with Crippen LogP contribution in [-0.4, -0.2) is 64.0 Å². The van der Waals surface area contributed by atoms with Gasteiger partial charge in [0.1, 0.15) is 17.8 Å². The van der Waals surface area contributed by atoms with Gasteiger partial charge in [-0.25, -0.2) is 17.7 Å². The number of sulfonamides is 1. The number of fused-ring (bicyclic) bond motifs is 1. The zero-order chi connectivity index (χ0) is 31.2. The molecule has 1 unspecified atom stereocenters. The van der Waals surface area contributed by atoms with Crippen LogP contribution in [-0.2, 0) is 26.9 Å². The summed E-state index contributed by atoms with van der Waals surface area (Å²) in [7, 11) is 2.55. The summed E-state index contributed by atoms with van der Waals surface area (Å²) in [6.45, 7) is 0.989. The van der Waals surface area contributed by atoms with Crippen LogP contribution >= 0.6 is 11.6 Å². The van der Waals surface area contributed by atoms with Crippen molar-refractivity contribution in [3.8, 4) is 11.5 Å². The fourth-order valence-corrected chi connectivity index (χ4v) is 8.16. The van der Waals surface area contributed by atoms with Crippen LogP contribution in [0.25, 0.3) is 0 Å². The highest BCUT2D eigenvalue weighted by molar-refractivity contribution is 7.93. The fraction of sp³-hybridized carbons (Fsp3) is 0.312. The van der Waals surface area contributed by atoms with Gasteiger partial charge in [-0.1, -0.05) is 29.8 Å². The minimum atomic E-state index is -4.40. The summed E-state index contributed by atoms with van der Waals surface area (Å²) < 4.78 is 46.9. The minimum Gasteiger partial charge on any atom is -0.497 e. The number of hydrogen-bond acceptors (Lipinski definition) is 9. The van der Waals surface area contributed by atoms with E-state index in [1.165, 1.54) is 25.5 Å². The van der Waals surface area contributed by atoms with Gasteiger partial charge in [0.05, 0.1) is 37.0 Å². The molecule has 1 amide bonds. The number of carbonyl (C=O) groups is 1. The van der Waals surface area contributed by atoms with Crippen molar-refractivity contribution in [3.05, 3.63) is 101 Å². The highest BCUT2D eigenvalue weighted by Crippen LogP contribution is 2.57. The van der Waals surface area contributed by atoms with Gasteiger partial charge in [-0.05, 0) is 69.4 Å². The van der Waals surface area contributed by atoms with Crippen molar-refractivity contribution >= 4 is 33.2 Å². The fourth-order valence-electron chi connectivity index (χ4n) is 6.53. The van der Waals surface area contributed by atoms with Gasteiger partial charge in [0.2, 0.25) is 5.89 Å². The lowest BCUT2D eigenvalue weighted by Gasteiger charge is -2.41. The number of oxazole rings is 1. The van der Waals surface area contributed by atoms with Gasteiger partial charge in [-0.2, -0.15) is 0 Å². The largest absolute Gasteiger partial charge is 0.497 e. The van der Waals surface area contributed by atoms with E-state index in [1.807, 2.05) is 42.1 Å². The van der Waals surface area contributed by atoms with Crippen molar-refractivity contribution in [1.29, 1.82) is 0 Å². The van der Waals surface area contributed by atoms with Crippen molar-refractivity contribution < 1.29 is 27.1 Å². The molecule has 44 heavy (non-hydrogen) atoms. The number of rotatable bonds is 9. The van der Waals surface area contributed by atoms with E-state index < -0.39 is 27.5 Å². The highest BCUT2D eigenvalue weighted by atomic mass is 35.5. The maximum atomic E-state index is 15.4. The summed E-state index contributed by atoms with van der Waals surface area (Å²) in [5.74, 6) is 0.760. The third-order valence-corrected chi connectivity index (χ3v) is 10.2. The van der Waals surface area contributed by atoms with E-state index >= 15 is 4.79 Å². The first-order valence-electron chi connectivity index (χ1n) is 14.2. The normalized spacial score (nSPS) is 20.4. The smallest absolute Gasteiger partial charge is 0.271 e. The van der Waals surface area contributed by atoms with Crippen LogP contribution in [0.3, 0.4) is 0 Å². The molecule has 1 fully saturated rings. The number of carbonyl (C=O) groups excluding carboxylic acids is 1. The molecule has 2 aliphatic rings. The van der Waals surface area contributed by atoms with E-state index in [0.717, 1.165) is 16.3 Å². The molecule has 1 aromatic heterocycles. The van der Waals surface area contributed by atoms with Crippen molar-refractivity contribution in [2.45, 2.75) is 35.9 Å². The van der Waals surface area contributed by atoms with Gasteiger partial charge >= 0.3 is 0 Å². The lowest BCUT2D eigenvalue weighted by atomic mass is 9.80. The molecule has 0 saturated carbocycles. The molecular formula is C32H33ClN4O6S. The minimum absolute atomic E-state index is 0.0534. The summed E-state index contributed by atoms with van der Waals surface area (Å²) in [5.41, 5.74) is 0.357.